The summed E-state index contributed by atoms with van der Waals surface area (Å²) in [5.74, 6) is 0. The van der Waals surface area contributed by atoms with Crippen molar-refractivity contribution >= 4 is 10.4 Å². The molecule has 0 aromatic rings. The highest BCUT2D eigenvalue weighted by molar-refractivity contribution is 7.79. The van der Waals surface area contributed by atoms with Gasteiger partial charge in [0.25, 0.3) is 0 Å². The van der Waals surface area contributed by atoms with Crippen LogP contribution in [0.5, 0.6) is 0 Å². The predicted molar refractivity (Wildman–Crippen MR) is 62.2 cm³/mol. The summed E-state index contributed by atoms with van der Waals surface area (Å²) in [4.78, 5) is 0. The van der Waals surface area contributed by atoms with Crippen molar-refractivity contribution in [2.75, 3.05) is 6.61 Å². The predicted octanol–water partition coefficient (Wildman–Crippen LogP) is -0.0891. The highest BCUT2D eigenvalue weighted by Gasteiger charge is 1.94. The minimum atomic E-state index is -4.67. The van der Waals surface area contributed by atoms with Gasteiger partial charge in [0, 0.05) is 0 Å². The van der Waals surface area contributed by atoms with Crippen LogP contribution in [0.3, 0.4) is 0 Å². The zero-order valence-corrected chi connectivity index (χ0v) is 9.93. The Morgan fingerprint density at radius 2 is 1.38 bits per heavy atom. The SMILES string of the molecule is C=CCC(O)CO.N.N.N.N.O=S(=O)(O)O. The Hall–Kier alpha value is -0.630. The van der Waals surface area contributed by atoms with E-state index in [1.807, 2.05) is 0 Å². The molecule has 106 valence electrons. The van der Waals surface area contributed by atoms with Crippen LogP contribution in [0.1, 0.15) is 6.42 Å². The van der Waals surface area contributed by atoms with Gasteiger partial charge in [0.15, 0.2) is 0 Å². The maximum atomic E-state index is 8.74. The Morgan fingerprint density at radius 3 is 1.44 bits per heavy atom. The first-order chi connectivity index (χ1) is 5.31. The summed E-state index contributed by atoms with van der Waals surface area (Å²) in [7, 11) is -4.67. The molecule has 11 heteroatoms. The smallest absolute Gasteiger partial charge is 0.394 e. The van der Waals surface area contributed by atoms with Crippen LogP contribution < -0.4 is 24.6 Å². The van der Waals surface area contributed by atoms with E-state index in [4.69, 9.17) is 27.7 Å². The van der Waals surface area contributed by atoms with Crippen LogP contribution in [-0.2, 0) is 10.4 Å². The van der Waals surface area contributed by atoms with Crippen LogP contribution in [0.25, 0.3) is 0 Å². The molecule has 0 amide bonds. The monoisotopic (exact) mass is 268 g/mol. The molecule has 0 aromatic carbocycles. The summed E-state index contributed by atoms with van der Waals surface area (Å²) < 4.78 is 31.6. The van der Waals surface area contributed by atoms with Gasteiger partial charge in [-0.15, -0.1) is 6.58 Å². The van der Waals surface area contributed by atoms with Crippen molar-refractivity contribution in [3.8, 4) is 0 Å². The average molecular weight is 268 g/mol. The molecule has 0 heterocycles. The van der Waals surface area contributed by atoms with Gasteiger partial charge in [-0.1, -0.05) is 6.08 Å². The van der Waals surface area contributed by atoms with Gasteiger partial charge >= 0.3 is 10.4 Å². The molecule has 0 rings (SSSR count). The Kier molecular flexibility index (Phi) is 44.9. The van der Waals surface area contributed by atoms with Crippen LogP contribution in [-0.4, -0.2) is 40.4 Å². The van der Waals surface area contributed by atoms with Crippen LogP contribution in [0.4, 0.5) is 0 Å². The number of aliphatic hydroxyl groups excluding tert-OH is 2. The molecule has 16 heavy (non-hydrogen) atoms. The van der Waals surface area contributed by atoms with Gasteiger partial charge in [-0.25, -0.2) is 0 Å². The second-order valence-electron chi connectivity index (χ2n) is 1.81. The molecule has 10 nitrogen and oxygen atoms in total. The van der Waals surface area contributed by atoms with E-state index in [-0.39, 0.29) is 31.2 Å². The fourth-order valence-electron chi connectivity index (χ4n) is 0.267. The van der Waals surface area contributed by atoms with Crippen LogP contribution >= 0.6 is 0 Å². The van der Waals surface area contributed by atoms with Crippen molar-refractivity contribution in [2.45, 2.75) is 12.5 Å². The van der Waals surface area contributed by atoms with Crippen LogP contribution in [0.15, 0.2) is 12.7 Å². The van der Waals surface area contributed by atoms with E-state index in [0.717, 1.165) is 0 Å². The normalized spacial score (nSPS) is 9.50. The fourth-order valence-corrected chi connectivity index (χ4v) is 0.267. The lowest BCUT2D eigenvalue weighted by Gasteiger charge is -1.98. The summed E-state index contributed by atoms with van der Waals surface area (Å²) >= 11 is 0. The lowest BCUT2D eigenvalue weighted by atomic mass is 10.3. The number of aliphatic hydroxyl groups is 2. The van der Waals surface area contributed by atoms with Gasteiger partial charge in [0.1, 0.15) is 0 Å². The molecule has 1 unspecified atom stereocenters. The zero-order chi connectivity index (χ0) is 10.2. The Bertz CT molecular complexity index is 201. The van der Waals surface area contributed by atoms with Gasteiger partial charge in [0.05, 0.1) is 12.7 Å². The van der Waals surface area contributed by atoms with Crippen molar-refractivity contribution in [2.24, 2.45) is 0 Å². The standard InChI is InChI=1S/C5H10O2.4H3N.H2O4S/c1-2-3-5(7)4-6;;;;;1-5(2,3)4/h2,5-7H,1,3-4H2;4*1H3;(H2,1,2,3,4). The molecule has 0 fully saturated rings. The molecule has 0 bridgehead atoms. The summed E-state index contributed by atoms with van der Waals surface area (Å²) in [6.45, 7) is 3.20. The number of hydrogen-bond donors (Lipinski definition) is 8. The number of hydrogen-bond acceptors (Lipinski definition) is 8. The topological polar surface area (TPSA) is 255 Å². The van der Waals surface area contributed by atoms with Crippen molar-refractivity contribution in [1.82, 2.24) is 24.6 Å². The molecule has 0 aliphatic rings. The molecule has 0 radical (unpaired) electrons. The molecule has 0 aliphatic carbocycles. The molecule has 0 aliphatic heterocycles. The first kappa shape index (κ1) is 36.1. The third-order valence-corrected chi connectivity index (χ3v) is 0.649. The summed E-state index contributed by atoms with van der Waals surface area (Å²) in [6.07, 6.45) is 1.43. The van der Waals surface area contributed by atoms with E-state index in [1.165, 1.54) is 0 Å². The lowest BCUT2D eigenvalue weighted by molar-refractivity contribution is 0.0976. The first-order valence-electron chi connectivity index (χ1n) is 2.91. The second kappa shape index (κ2) is 19.9. The van der Waals surface area contributed by atoms with Crippen molar-refractivity contribution in [1.29, 1.82) is 0 Å². The Labute approximate surface area is 95.3 Å². The van der Waals surface area contributed by atoms with Gasteiger partial charge in [-0.3, -0.25) is 9.11 Å². The van der Waals surface area contributed by atoms with Crippen LogP contribution in [0, 0.1) is 0 Å². The van der Waals surface area contributed by atoms with E-state index in [9.17, 15) is 0 Å². The highest BCUT2D eigenvalue weighted by atomic mass is 32.3. The quantitative estimate of drug-likeness (QED) is 0.249. The summed E-state index contributed by atoms with van der Waals surface area (Å²) in [5, 5.41) is 16.7. The Balaban J connectivity index is -0.0000000258. The molecule has 0 saturated heterocycles. The van der Waals surface area contributed by atoms with Gasteiger partial charge in [0.2, 0.25) is 0 Å². The number of rotatable bonds is 3. The summed E-state index contributed by atoms with van der Waals surface area (Å²) in [6, 6.07) is 0. The largest absolute Gasteiger partial charge is 0.394 e. The maximum absolute atomic E-state index is 8.74. The van der Waals surface area contributed by atoms with Crippen molar-refractivity contribution in [3.05, 3.63) is 12.7 Å². The summed E-state index contributed by atoms with van der Waals surface area (Å²) in [5.41, 5.74) is 0. The molecular weight excluding hydrogens is 244 g/mol. The molecule has 0 aromatic heterocycles. The van der Waals surface area contributed by atoms with E-state index in [2.05, 4.69) is 6.58 Å². The average Bonchev–Trinajstić information content (AvgIpc) is 1.85. The first-order valence-corrected chi connectivity index (χ1v) is 4.30. The molecular formula is C5H24N4O6S. The minimum Gasteiger partial charge on any atom is -0.394 e. The fraction of sp³-hybridized carbons (Fsp3) is 0.600. The van der Waals surface area contributed by atoms with Gasteiger partial charge in [-0.05, 0) is 6.42 Å². The third kappa shape index (κ3) is 107. The zero-order valence-electron chi connectivity index (χ0n) is 9.12. The van der Waals surface area contributed by atoms with Crippen molar-refractivity contribution < 1.29 is 27.7 Å². The Morgan fingerprint density at radius 1 is 1.12 bits per heavy atom. The van der Waals surface area contributed by atoms with Crippen molar-refractivity contribution in [3.63, 3.8) is 0 Å². The van der Waals surface area contributed by atoms with E-state index in [1.54, 1.807) is 6.08 Å². The maximum Gasteiger partial charge on any atom is 0.394 e. The molecule has 16 N–H and O–H groups in total. The van der Waals surface area contributed by atoms with E-state index < -0.39 is 16.5 Å². The third-order valence-electron chi connectivity index (χ3n) is 0.649. The van der Waals surface area contributed by atoms with E-state index >= 15 is 0 Å². The highest BCUT2D eigenvalue weighted by Crippen LogP contribution is 1.87. The molecule has 0 spiro atoms. The second-order valence-corrected chi connectivity index (χ2v) is 2.70. The van der Waals surface area contributed by atoms with E-state index in [0.29, 0.717) is 6.42 Å². The molecule has 0 saturated carbocycles. The lowest BCUT2D eigenvalue weighted by Crippen LogP contribution is -2.09. The van der Waals surface area contributed by atoms with Crippen LogP contribution in [0.2, 0.25) is 0 Å². The van der Waals surface area contributed by atoms with Gasteiger partial charge in [-0.2, -0.15) is 8.42 Å². The van der Waals surface area contributed by atoms with Gasteiger partial charge < -0.3 is 34.8 Å². The molecule has 1 atom stereocenters. The minimum absolute atomic E-state index is 0.